The fourth-order valence-corrected chi connectivity index (χ4v) is 4.72. The summed E-state index contributed by atoms with van der Waals surface area (Å²) in [5, 5.41) is 12.2. The van der Waals surface area contributed by atoms with E-state index in [-0.39, 0.29) is 36.4 Å². The Hall–Kier alpha value is -2.00. The number of nitrogens with zero attached hydrogens (tertiary/aromatic N) is 2. The highest BCUT2D eigenvalue weighted by molar-refractivity contribution is 7.89. The van der Waals surface area contributed by atoms with Crippen molar-refractivity contribution >= 4 is 21.9 Å². The number of pyridine rings is 1. The van der Waals surface area contributed by atoms with Gasteiger partial charge in [-0.2, -0.15) is 4.31 Å². The Kier molecular flexibility index (Phi) is 6.94. The fraction of sp³-hybridized carbons (Fsp3) is 0.611. The van der Waals surface area contributed by atoms with Gasteiger partial charge in [0.15, 0.2) is 0 Å². The molecule has 2 heterocycles. The topological polar surface area (TPSA) is 117 Å². The maximum atomic E-state index is 12.6. The summed E-state index contributed by atoms with van der Waals surface area (Å²) in [6.45, 7) is 4.18. The second kappa shape index (κ2) is 8.79. The van der Waals surface area contributed by atoms with E-state index in [1.165, 1.54) is 22.8 Å². The summed E-state index contributed by atoms with van der Waals surface area (Å²) in [6, 6.07) is 3.07. The van der Waals surface area contributed by atoms with Gasteiger partial charge in [0.1, 0.15) is 4.90 Å². The normalized spacial score (nSPS) is 16.8. The maximum absolute atomic E-state index is 12.6. The zero-order valence-corrected chi connectivity index (χ0v) is 16.5. The number of carboxylic acid groups (broad SMARTS) is 1. The van der Waals surface area contributed by atoms with E-state index in [0.717, 1.165) is 0 Å². The van der Waals surface area contributed by atoms with Gasteiger partial charge in [-0.25, -0.2) is 8.42 Å². The zero-order valence-electron chi connectivity index (χ0n) is 15.7. The second-order valence-electron chi connectivity index (χ2n) is 6.88. The van der Waals surface area contributed by atoms with Crippen LogP contribution >= 0.6 is 0 Å². The Morgan fingerprint density at radius 1 is 1.30 bits per heavy atom. The number of nitrogens with one attached hydrogen (secondary N) is 1. The number of hydrogen-bond acceptors (Lipinski definition) is 5. The molecule has 0 spiro atoms. The number of rotatable bonds is 8. The lowest BCUT2D eigenvalue weighted by atomic mass is 9.82. The number of carbonyl (C=O) groups excluding carboxylic acids is 1. The van der Waals surface area contributed by atoms with E-state index >= 15 is 0 Å². The highest BCUT2D eigenvalue weighted by atomic mass is 32.2. The first-order chi connectivity index (χ1) is 12.8. The van der Waals surface area contributed by atoms with Crippen molar-refractivity contribution in [1.29, 1.82) is 0 Å². The molecule has 1 aliphatic rings. The lowest BCUT2D eigenvalue weighted by Gasteiger charge is -2.32. The van der Waals surface area contributed by atoms with Crippen LogP contribution in [-0.2, 0) is 19.6 Å². The van der Waals surface area contributed by atoms with Gasteiger partial charge in [0.2, 0.25) is 15.9 Å². The van der Waals surface area contributed by atoms with Crippen LogP contribution in [0, 0.1) is 11.3 Å². The summed E-state index contributed by atoms with van der Waals surface area (Å²) in [6.07, 6.45) is 4.50. The lowest BCUT2D eigenvalue weighted by molar-refractivity contribution is -0.149. The fourth-order valence-electron chi connectivity index (χ4n) is 3.29. The van der Waals surface area contributed by atoms with E-state index in [1.807, 2.05) is 0 Å². The molecule has 0 radical (unpaired) electrons. The van der Waals surface area contributed by atoms with E-state index in [1.54, 1.807) is 19.9 Å². The van der Waals surface area contributed by atoms with E-state index in [4.69, 9.17) is 0 Å². The molecule has 0 atom stereocenters. The summed E-state index contributed by atoms with van der Waals surface area (Å²) in [4.78, 5) is 28.0. The van der Waals surface area contributed by atoms with Gasteiger partial charge in [-0.15, -0.1) is 0 Å². The van der Waals surface area contributed by atoms with Gasteiger partial charge >= 0.3 is 5.97 Å². The van der Waals surface area contributed by atoms with E-state index in [0.29, 0.717) is 25.7 Å². The molecule has 1 aliphatic heterocycles. The van der Waals surface area contributed by atoms with Gasteiger partial charge in [0, 0.05) is 37.9 Å². The summed E-state index contributed by atoms with van der Waals surface area (Å²) in [5.41, 5.74) is -0.958. The average Bonchev–Trinajstić information content (AvgIpc) is 2.69. The highest BCUT2D eigenvalue weighted by Gasteiger charge is 2.37. The monoisotopic (exact) mass is 397 g/mol. The van der Waals surface area contributed by atoms with Crippen LogP contribution in [0.3, 0.4) is 0 Å². The van der Waals surface area contributed by atoms with Gasteiger partial charge in [-0.05, 0) is 37.8 Å². The van der Waals surface area contributed by atoms with Crippen molar-refractivity contribution in [2.24, 2.45) is 11.3 Å². The third kappa shape index (κ3) is 4.65. The van der Waals surface area contributed by atoms with Crippen molar-refractivity contribution in [3.05, 3.63) is 24.5 Å². The number of piperidine rings is 1. The van der Waals surface area contributed by atoms with Crippen molar-refractivity contribution in [2.75, 3.05) is 19.6 Å². The Morgan fingerprint density at radius 2 is 1.93 bits per heavy atom. The molecule has 0 aliphatic carbocycles. The van der Waals surface area contributed by atoms with Gasteiger partial charge in [-0.3, -0.25) is 14.6 Å². The Morgan fingerprint density at radius 3 is 2.41 bits per heavy atom. The molecule has 150 valence electrons. The van der Waals surface area contributed by atoms with E-state index in [2.05, 4.69) is 10.3 Å². The first kappa shape index (κ1) is 21.3. The standard InChI is InChI=1S/C18H27N3O5S/c1-3-18(4-2,17(23)24)13-20-16(22)14-7-10-21(11-8-14)27(25,26)15-6-5-9-19-12-15/h5-6,9,12,14H,3-4,7-8,10-11,13H2,1-2H3,(H,20,22)(H,23,24). The van der Waals surface area contributed by atoms with Crippen molar-refractivity contribution < 1.29 is 23.1 Å². The number of sulfonamides is 1. The minimum absolute atomic E-state index is 0.0857. The smallest absolute Gasteiger partial charge is 0.311 e. The molecule has 1 aromatic heterocycles. The predicted octanol–water partition coefficient (Wildman–Crippen LogP) is 1.49. The van der Waals surface area contributed by atoms with E-state index < -0.39 is 21.4 Å². The maximum Gasteiger partial charge on any atom is 0.311 e. The van der Waals surface area contributed by atoms with E-state index in [9.17, 15) is 23.1 Å². The Labute approximate surface area is 160 Å². The molecule has 27 heavy (non-hydrogen) atoms. The average molecular weight is 397 g/mol. The van der Waals surface area contributed by atoms with Gasteiger partial charge < -0.3 is 10.4 Å². The third-order valence-corrected chi connectivity index (χ3v) is 7.39. The summed E-state index contributed by atoms with van der Waals surface area (Å²) in [5.74, 6) is -1.43. The van der Waals surface area contributed by atoms with Crippen LogP contribution in [-0.4, -0.2) is 54.3 Å². The number of aliphatic carboxylic acids is 1. The minimum Gasteiger partial charge on any atom is -0.481 e. The van der Waals surface area contributed by atoms with Crippen molar-refractivity contribution in [3.63, 3.8) is 0 Å². The van der Waals surface area contributed by atoms with Crippen LogP contribution < -0.4 is 5.32 Å². The predicted molar refractivity (Wildman–Crippen MR) is 99.4 cm³/mol. The highest BCUT2D eigenvalue weighted by Crippen LogP contribution is 2.27. The first-order valence-corrected chi connectivity index (χ1v) is 10.6. The van der Waals surface area contributed by atoms with Crippen molar-refractivity contribution in [1.82, 2.24) is 14.6 Å². The summed E-state index contributed by atoms with van der Waals surface area (Å²) < 4.78 is 26.6. The molecular weight excluding hydrogens is 370 g/mol. The van der Waals surface area contributed by atoms with Crippen LogP contribution in [0.5, 0.6) is 0 Å². The van der Waals surface area contributed by atoms with Crippen LogP contribution in [0.15, 0.2) is 29.4 Å². The number of aromatic nitrogens is 1. The molecule has 9 heteroatoms. The molecule has 0 unspecified atom stereocenters. The van der Waals surface area contributed by atoms with Crippen LogP contribution in [0.25, 0.3) is 0 Å². The molecule has 2 N–H and O–H groups in total. The van der Waals surface area contributed by atoms with Crippen LogP contribution in [0.4, 0.5) is 0 Å². The Bertz CT molecular complexity index is 754. The molecule has 2 rings (SSSR count). The molecule has 8 nitrogen and oxygen atoms in total. The second-order valence-corrected chi connectivity index (χ2v) is 8.82. The SMILES string of the molecule is CCC(CC)(CNC(=O)C1CCN(S(=O)(=O)c2cccnc2)CC1)C(=O)O. The van der Waals surface area contributed by atoms with Gasteiger partial charge in [-0.1, -0.05) is 13.8 Å². The number of amides is 1. The molecule has 0 bridgehead atoms. The molecule has 1 amide bonds. The Balaban J connectivity index is 1.93. The summed E-state index contributed by atoms with van der Waals surface area (Å²) >= 11 is 0. The largest absolute Gasteiger partial charge is 0.481 e. The molecule has 0 saturated carbocycles. The number of carboxylic acids is 1. The molecule has 1 aromatic rings. The van der Waals surface area contributed by atoms with Crippen LogP contribution in [0.1, 0.15) is 39.5 Å². The number of hydrogen-bond donors (Lipinski definition) is 2. The summed E-state index contributed by atoms with van der Waals surface area (Å²) in [7, 11) is -3.60. The lowest BCUT2D eigenvalue weighted by Crippen LogP contribution is -2.47. The molecule has 1 fully saturated rings. The van der Waals surface area contributed by atoms with Gasteiger partial charge in [0.25, 0.3) is 0 Å². The van der Waals surface area contributed by atoms with Crippen molar-refractivity contribution in [3.8, 4) is 0 Å². The van der Waals surface area contributed by atoms with Crippen molar-refractivity contribution in [2.45, 2.75) is 44.4 Å². The molecular formula is C18H27N3O5S. The number of carbonyl (C=O) groups is 2. The first-order valence-electron chi connectivity index (χ1n) is 9.18. The zero-order chi connectivity index (χ0) is 20.1. The molecule has 1 saturated heterocycles. The third-order valence-electron chi connectivity index (χ3n) is 5.51. The molecule has 0 aromatic carbocycles. The minimum atomic E-state index is -3.60. The van der Waals surface area contributed by atoms with Crippen LogP contribution in [0.2, 0.25) is 0 Å². The quantitative estimate of drug-likeness (QED) is 0.686. The van der Waals surface area contributed by atoms with Gasteiger partial charge in [0.05, 0.1) is 5.41 Å².